The zero-order valence-electron chi connectivity index (χ0n) is 15.3. The molecule has 140 valence electrons. The summed E-state index contributed by atoms with van der Waals surface area (Å²) in [6.45, 7) is 2.03. The van der Waals surface area contributed by atoms with E-state index in [4.69, 9.17) is 21.1 Å². The minimum atomic E-state index is -0.296. The number of nitrogens with one attached hydrogen (secondary N) is 1. The first-order valence-electron chi connectivity index (χ1n) is 8.43. The molecule has 0 aliphatic heterocycles. The Morgan fingerprint density at radius 2 is 1.70 bits per heavy atom. The van der Waals surface area contributed by atoms with E-state index in [0.29, 0.717) is 27.9 Å². The van der Waals surface area contributed by atoms with Gasteiger partial charge in [-0.15, -0.1) is 5.10 Å². The van der Waals surface area contributed by atoms with Crippen molar-refractivity contribution < 1.29 is 14.3 Å². The second kappa shape index (κ2) is 8.14. The Hall–Kier alpha value is -2.99. The summed E-state index contributed by atoms with van der Waals surface area (Å²) < 4.78 is 12.2. The maximum Gasteiger partial charge on any atom is 0.257 e. The predicted octanol–water partition coefficient (Wildman–Crippen LogP) is 4.36. The molecular weight excluding hydrogens is 366 g/mol. The first kappa shape index (κ1) is 18.8. The third-order valence-electron chi connectivity index (χ3n) is 4.07. The van der Waals surface area contributed by atoms with Crippen molar-refractivity contribution in [3.05, 3.63) is 64.8 Å². The van der Waals surface area contributed by atoms with Crippen LogP contribution in [0.2, 0.25) is 5.02 Å². The van der Waals surface area contributed by atoms with Crippen molar-refractivity contribution in [2.24, 2.45) is 0 Å². The SMILES string of the molecule is CCc1cc(NC(=O)c2cc(OC)cc(OC)c2)nn1-c1ccc(Cl)cc1. The Kier molecular flexibility index (Phi) is 5.66. The molecule has 0 saturated carbocycles. The summed E-state index contributed by atoms with van der Waals surface area (Å²) in [6, 6.07) is 14.2. The molecule has 0 atom stereocenters. The van der Waals surface area contributed by atoms with Crippen LogP contribution in [0.5, 0.6) is 11.5 Å². The zero-order valence-corrected chi connectivity index (χ0v) is 16.1. The molecule has 27 heavy (non-hydrogen) atoms. The number of methoxy groups -OCH3 is 2. The number of nitrogens with zero attached hydrogens (tertiary/aromatic N) is 2. The van der Waals surface area contributed by atoms with Gasteiger partial charge in [0.1, 0.15) is 11.5 Å². The van der Waals surface area contributed by atoms with Gasteiger partial charge < -0.3 is 14.8 Å². The lowest BCUT2D eigenvalue weighted by atomic mass is 10.2. The van der Waals surface area contributed by atoms with Gasteiger partial charge in [-0.05, 0) is 42.8 Å². The number of amides is 1. The van der Waals surface area contributed by atoms with Gasteiger partial charge in [0.05, 0.1) is 19.9 Å². The van der Waals surface area contributed by atoms with E-state index in [0.717, 1.165) is 17.8 Å². The van der Waals surface area contributed by atoms with Gasteiger partial charge in [0.15, 0.2) is 5.82 Å². The molecule has 1 heterocycles. The molecule has 0 fully saturated rings. The van der Waals surface area contributed by atoms with Crippen LogP contribution in [-0.4, -0.2) is 29.9 Å². The van der Waals surface area contributed by atoms with E-state index >= 15 is 0 Å². The third kappa shape index (κ3) is 4.23. The average Bonchev–Trinajstić information content (AvgIpc) is 3.10. The molecule has 0 unspecified atom stereocenters. The first-order chi connectivity index (χ1) is 13.0. The van der Waals surface area contributed by atoms with Crippen LogP contribution in [0.25, 0.3) is 5.69 Å². The number of aryl methyl sites for hydroxylation is 1. The fourth-order valence-electron chi connectivity index (χ4n) is 2.67. The minimum absolute atomic E-state index is 0.296. The molecule has 1 N–H and O–H groups in total. The van der Waals surface area contributed by atoms with Gasteiger partial charge in [-0.25, -0.2) is 4.68 Å². The lowest BCUT2D eigenvalue weighted by Crippen LogP contribution is -2.13. The van der Waals surface area contributed by atoms with Crippen molar-refractivity contribution in [2.75, 3.05) is 19.5 Å². The van der Waals surface area contributed by atoms with Gasteiger partial charge in [0, 0.05) is 28.4 Å². The van der Waals surface area contributed by atoms with Crippen molar-refractivity contribution in [3.8, 4) is 17.2 Å². The molecule has 6 nitrogen and oxygen atoms in total. The molecule has 2 aromatic carbocycles. The van der Waals surface area contributed by atoms with Gasteiger partial charge in [0.2, 0.25) is 0 Å². The molecular formula is C20H20ClN3O3. The third-order valence-corrected chi connectivity index (χ3v) is 4.32. The summed E-state index contributed by atoms with van der Waals surface area (Å²) in [5.74, 6) is 1.25. The number of benzene rings is 2. The Morgan fingerprint density at radius 3 is 2.26 bits per heavy atom. The molecule has 0 spiro atoms. The van der Waals surface area contributed by atoms with Gasteiger partial charge in [0.25, 0.3) is 5.91 Å². The molecule has 0 aliphatic rings. The highest BCUT2D eigenvalue weighted by Crippen LogP contribution is 2.24. The largest absolute Gasteiger partial charge is 0.497 e. The second-order valence-corrected chi connectivity index (χ2v) is 6.25. The highest BCUT2D eigenvalue weighted by molar-refractivity contribution is 6.30. The van der Waals surface area contributed by atoms with Crippen LogP contribution in [-0.2, 0) is 6.42 Å². The van der Waals surface area contributed by atoms with Crippen molar-refractivity contribution in [2.45, 2.75) is 13.3 Å². The first-order valence-corrected chi connectivity index (χ1v) is 8.81. The second-order valence-electron chi connectivity index (χ2n) is 5.82. The van der Waals surface area contributed by atoms with E-state index in [1.165, 1.54) is 14.2 Å². The van der Waals surface area contributed by atoms with Crippen LogP contribution in [0.4, 0.5) is 5.82 Å². The lowest BCUT2D eigenvalue weighted by molar-refractivity contribution is 0.102. The summed E-state index contributed by atoms with van der Waals surface area (Å²) in [5, 5.41) is 8.00. The molecule has 3 rings (SSSR count). The summed E-state index contributed by atoms with van der Waals surface area (Å²) in [6.07, 6.45) is 0.762. The van der Waals surface area contributed by atoms with E-state index in [1.807, 2.05) is 25.1 Å². The van der Waals surface area contributed by atoms with Crippen LogP contribution in [0.3, 0.4) is 0 Å². The fraction of sp³-hybridized carbons (Fsp3) is 0.200. The molecule has 0 bridgehead atoms. The van der Waals surface area contributed by atoms with Crippen molar-refractivity contribution in [1.82, 2.24) is 9.78 Å². The molecule has 1 amide bonds. The number of carbonyl (C=O) groups is 1. The topological polar surface area (TPSA) is 65.4 Å². The van der Waals surface area contributed by atoms with Crippen LogP contribution >= 0.6 is 11.6 Å². The summed E-state index contributed by atoms with van der Waals surface area (Å²) in [7, 11) is 3.08. The number of ether oxygens (including phenoxy) is 2. The molecule has 0 aliphatic carbocycles. The number of hydrogen-bond acceptors (Lipinski definition) is 4. The maximum absolute atomic E-state index is 12.7. The number of hydrogen-bond donors (Lipinski definition) is 1. The average molecular weight is 386 g/mol. The van der Waals surface area contributed by atoms with Crippen LogP contribution in [0.1, 0.15) is 23.0 Å². The van der Waals surface area contributed by atoms with E-state index in [1.54, 1.807) is 35.0 Å². The van der Waals surface area contributed by atoms with Gasteiger partial charge in [-0.3, -0.25) is 4.79 Å². The Morgan fingerprint density at radius 1 is 1.07 bits per heavy atom. The number of halogens is 1. The molecule has 1 aromatic heterocycles. The number of carbonyl (C=O) groups excluding carboxylic acids is 1. The Labute approximate surface area is 162 Å². The highest BCUT2D eigenvalue weighted by atomic mass is 35.5. The summed E-state index contributed by atoms with van der Waals surface area (Å²) >= 11 is 5.96. The maximum atomic E-state index is 12.7. The highest BCUT2D eigenvalue weighted by Gasteiger charge is 2.14. The quantitative estimate of drug-likeness (QED) is 0.684. The summed E-state index contributed by atoms with van der Waals surface area (Å²) in [4.78, 5) is 12.7. The minimum Gasteiger partial charge on any atom is -0.497 e. The van der Waals surface area contributed by atoms with E-state index in [-0.39, 0.29) is 5.91 Å². The lowest BCUT2D eigenvalue weighted by Gasteiger charge is -2.08. The van der Waals surface area contributed by atoms with Crippen LogP contribution in [0, 0.1) is 0 Å². The van der Waals surface area contributed by atoms with Gasteiger partial charge >= 0.3 is 0 Å². The molecule has 3 aromatic rings. The van der Waals surface area contributed by atoms with Crippen molar-refractivity contribution in [1.29, 1.82) is 0 Å². The van der Waals surface area contributed by atoms with E-state index < -0.39 is 0 Å². The van der Waals surface area contributed by atoms with Crippen LogP contribution < -0.4 is 14.8 Å². The number of aromatic nitrogens is 2. The normalized spacial score (nSPS) is 10.5. The molecule has 0 radical (unpaired) electrons. The Bertz CT molecular complexity index is 929. The number of anilines is 1. The Balaban J connectivity index is 1.88. The molecule has 7 heteroatoms. The fourth-order valence-corrected chi connectivity index (χ4v) is 2.79. The monoisotopic (exact) mass is 385 g/mol. The van der Waals surface area contributed by atoms with E-state index in [2.05, 4.69) is 10.4 Å². The predicted molar refractivity (Wildman–Crippen MR) is 105 cm³/mol. The van der Waals surface area contributed by atoms with Gasteiger partial charge in [-0.2, -0.15) is 0 Å². The summed E-state index contributed by atoms with van der Waals surface area (Å²) in [5.41, 5.74) is 2.26. The van der Waals surface area contributed by atoms with Crippen molar-refractivity contribution >= 4 is 23.3 Å². The van der Waals surface area contributed by atoms with Crippen molar-refractivity contribution in [3.63, 3.8) is 0 Å². The molecule has 0 saturated heterocycles. The number of rotatable bonds is 6. The van der Waals surface area contributed by atoms with Crippen LogP contribution in [0.15, 0.2) is 48.5 Å². The van der Waals surface area contributed by atoms with Gasteiger partial charge in [-0.1, -0.05) is 18.5 Å². The smallest absolute Gasteiger partial charge is 0.257 e. The van der Waals surface area contributed by atoms with E-state index in [9.17, 15) is 4.79 Å². The zero-order chi connectivity index (χ0) is 19.4. The standard InChI is InChI=1S/C20H20ClN3O3/c1-4-15-11-19(23-24(15)16-7-5-14(21)6-8-16)22-20(25)13-9-17(26-2)12-18(10-13)27-3/h5-12H,4H2,1-3H3,(H,22,23,25).